The fraction of sp³-hybridized carbons (Fsp3) is 0.292. The monoisotopic (exact) mass is 471 g/mol. The molecule has 170 valence electrons. The van der Waals surface area contributed by atoms with Gasteiger partial charge in [-0.15, -0.1) is 17.9 Å². The van der Waals surface area contributed by atoms with Crippen molar-refractivity contribution in [1.29, 1.82) is 0 Å². The number of hydrogen-bond donors (Lipinski definition) is 0. The second-order valence-electron chi connectivity index (χ2n) is 6.96. The number of benzene rings is 2. The van der Waals surface area contributed by atoms with Gasteiger partial charge >= 0.3 is 0 Å². The predicted molar refractivity (Wildman–Crippen MR) is 131 cm³/mol. The third-order valence-corrected chi connectivity index (χ3v) is 7.90. The fourth-order valence-electron chi connectivity index (χ4n) is 3.36. The van der Waals surface area contributed by atoms with E-state index < -0.39 is 10.0 Å². The molecule has 2 aromatic carbocycles. The first kappa shape index (κ1) is 24.0. The zero-order valence-corrected chi connectivity index (χ0v) is 20.3. The van der Waals surface area contributed by atoms with Crippen LogP contribution in [0.15, 0.2) is 76.5 Å². The van der Waals surface area contributed by atoms with Gasteiger partial charge in [0.15, 0.2) is 4.80 Å². The molecule has 0 aliphatic heterocycles. The zero-order valence-electron chi connectivity index (χ0n) is 18.7. The number of sulfonamides is 1. The Bertz CT molecular complexity index is 1200. The van der Waals surface area contributed by atoms with Gasteiger partial charge in [-0.25, -0.2) is 13.4 Å². The predicted octanol–water partition coefficient (Wildman–Crippen LogP) is 5.06. The summed E-state index contributed by atoms with van der Waals surface area (Å²) in [6, 6.07) is 14.7. The molecule has 6 nitrogen and oxygen atoms in total. The van der Waals surface area contributed by atoms with Gasteiger partial charge in [-0.2, -0.15) is 4.31 Å². The van der Waals surface area contributed by atoms with Crippen LogP contribution in [-0.2, 0) is 16.6 Å². The molecule has 3 rings (SSSR count). The van der Waals surface area contributed by atoms with Crippen molar-refractivity contribution in [3.05, 3.63) is 71.4 Å². The van der Waals surface area contributed by atoms with Crippen molar-refractivity contribution in [2.75, 3.05) is 19.7 Å². The summed E-state index contributed by atoms with van der Waals surface area (Å²) in [6.07, 6.45) is 1.83. The lowest BCUT2D eigenvalue weighted by molar-refractivity contribution is 0.340. The number of nitrogens with zero attached hydrogens (tertiary/aromatic N) is 3. The van der Waals surface area contributed by atoms with E-state index in [1.54, 1.807) is 12.1 Å². The minimum Gasteiger partial charge on any atom is -0.494 e. The Morgan fingerprint density at radius 3 is 2.28 bits per heavy atom. The van der Waals surface area contributed by atoms with Crippen LogP contribution in [-0.4, -0.2) is 37.0 Å². The number of rotatable bonds is 10. The molecule has 8 heteroatoms. The Kier molecular flexibility index (Phi) is 8.06. The zero-order chi connectivity index (χ0) is 23.1. The smallest absolute Gasteiger partial charge is 0.243 e. The molecule has 0 N–H and O–H groups in total. The molecule has 3 aromatic rings. The van der Waals surface area contributed by atoms with E-state index >= 15 is 0 Å². The first-order valence-electron chi connectivity index (χ1n) is 10.6. The van der Waals surface area contributed by atoms with Gasteiger partial charge in [0, 0.05) is 25.0 Å². The highest BCUT2D eigenvalue weighted by Crippen LogP contribution is 2.25. The van der Waals surface area contributed by atoms with Crippen molar-refractivity contribution in [1.82, 2.24) is 8.87 Å². The normalized spacial score (nSPS) is 12.3. The van der Waals surface area contributed by atoms with Crippen LogP contribution in [0.1, 0.15) is 20.8 Å². The topological polar surface area (TPSA) is 63.9 Å². The molecule has 0 aliphatic carbocycles. The molecule has 0 bridgehead atoms. The van der Waals surface area contributed by atoms with Gasteiger partial charge in [-0.05, 0) is 48.9 Å². The molecule has 0 saturated carbocycles. The lowest BCUT2D eigenvalue weighted by Crippen LogP contribution is -2.30. The molecular formula is C24H29N3O3S2. The second-order valence-corrected chi connectivity index (χ2v) is 9.73. The summed E-state index contributed by atoms with van der Waals surface area (Å²) in [6.45, 7) is 11.6. The number of ether oxygens (including phenoxy) is 1. The average molecular weight is 472 g/mol. The van der Waals surface area contributed by atoms with E-state index in [-0.39, 0.29) is 0 Å². The molecule has 32 heavy (non-hydrogen) atoms. The molecule has 0 saturated heterocycles. The lowest BCUT2D eigenvalue weighted by atomic mass is 10.2. The highest BCUT2D eigenvalue weighted by Gasteiger charge is 2.21. The number of allylic oxidation sites excluding steroid dienone is 1. The Labute approximate surface area is 194 Å². The summed E-state index contributed by atoms with van der Waals surface area (Å²) >= 11 is 1.53. The van der Waals surface area contributed by atoms with Crippen LogP contribution in [0.3, 0.4) is 0 Å². The molecule has 1 heterocycles. The Balaban J connectivity index is 1.97. The minimum absolute atomic E-state index is 0.301. The standard InChI is InChI=1S/C24H29N3O3S2/c1-5-17-27-23(18-31-24(27)25-20-11-13-21(14-12-20)30-8-4)19-9-15-22(16-10-19)32(28,29)26(6-2)7-3/h5,9-16,18H,1,6-8,17H2,2-4H3. The van der Waals surface area contributed by atoms with Crippen LogP contribution < -0.4 is 9.54 Å². The third-order valence-electron chi connectivity index (χ3n) is 4.98. The van der Waals surface area contributed by atoms with E-state index in [1.165, 1.54) is 15.6 Å². The van der Waals surface area contributed by atoms with E-state index in [0.29, 0.717) is 31.1 Å². The van der Waals surface area contributed by atoms with E-state index in [0.717, 1.165) is 27.5 Å². The summed E-state index contributed by atoms with van der Waals surface area (Å²) in [7, 11) is -3.48. The van der Waals surface area contributed by atoms with Gasteiger partial charge in [0.1, 0.15) is 5.75 Å². The molecule has 0 spiro atoms. The van der Waals surface area contributed by atoms with Crippen LogP contribution in [0.25, 0.3) is 11.3 Å². The van der Waals surface area contributed by atoms with Crippen LogP contribution in [0, 0.1) is 0 Å². The Morgan fingerprint density at radius 1 is 1.06 bits per heavy atom. The molecule has 0 amide bonds. The highest BCUT2D eigenvalue weighted by atomic mass is 32.2. The maximum absolute atomic E-state index is 12.8. The molecule has 0 unspecified atom stereocenters. The van der Waals surface area contributed by atoms with Gasteiger partial charge < -0.3 is 9.30 Å². The van der Waals surface area contributed by atoms with E-state index in [4.69, 9.17) is 9.73 Å². The quantitative estimate of drug-likeness (QED) is 0.388. The van der Waals surface area contributed by atoms with E-state index in [9.17, 15) is 8.42 Å². The molecule has 0 fully saturated rings. The first-order valence-corrected chi connectivity index (χ1v) is 12.9. The second kappa shape index (κ2) is 10.8. The summed E-state index contributed by atoms with van der Waals surface area (Å²) in [4.78, 5) is 5.92. The van der Waals surface area contributed by atoms with Crippen molar-refractivity contribution >= 4 is 27.0 Å². The van der Waals surface area contributed by atoms with Crippen molar-refractivity contribution < 1.29 is 13.2 Å². The fourth-order valence-corrected chi connectivity index (χ4v) is 5.76. The summed E-state index contributed by atoms with van der Waals surface area (Å²) in [5, 5.41) is 2.03. The van der Waals surface area contributed by atoms with Crippen molar-refractivity contribution in [2.45, 2.75) is 32.2 Å². The maximum atomic E-state index is 12.8. The summed E-state index contributed by atoms with van der Waals surface area (Å²) in [5.41, 5.74) is 2.72. The number of thiazole rings is 1. The number of hydrogen-bond acceptors (Lipinski definition) is 5. The van der Waals surface area contributed by atoms with Crippen LogP contribution in [0.2, 0.25) is 0 Å². The SMILES string of the molecule is C=CCn1c(-c2ccc(S(=O)(=O)N(CC)CC)cc2)csc1=Nc1ccc(OCC)cc1. The van der Waals surface area contributed by atoms with Crippen LogP contribution in [0.5, 0.6) is 5.75 Å². The number of aromatic nitrogens is 1. The first-order chi connectivity index (χ1) is 15.4. The third kappa shape index (κ3) is 5.20. The molecule has 0 atom stereocenters. The van der Waals surface area contributed by atoms with Gasteiger partial charge in [0.25, 0.3) is 0 Å². The van der Waals surface area contributed by atoms with Crippen LogP contribution in [0.4, 0.5) is 5.69 Å². The van der Waals surface area contributed by atoms with Crippen LogP contribution >= 0.6 is 11.3 Å². The molecular weight excluding hydrogens is 442 g/mol. The van der Waals surface area contributed by atoms with Crippen molar-refractivity contribution in [3.63, 3.8) is 0 Å². The van der Waals surface area contributed by atoms with Gasteiger partial charge in [-0.3, -0.25) is 0 Å². The Hall–Kier alpha value is -2.68. The lowest BCUT2D eigenvalue weighted by Gasteiger charge is -2.18. The summed E-state index contributed by atoms with van der Waals surface area (Å²) in [5.74, 6) is 0.817. The van der Waals surface area contributed by atoms with E-state index in [2.05, 4.69) is 11.1 Å². The van der Waals surface area contributed by atoms with E-state index in [1.807, 2.05) is 68.6 Å². The molecule has 0 aliphatic rings. The average Bonchev–Trinajstić information content (AvgIpc) is 3.18. The minimum atomic E-state index is -3.48. The Morgan fingerprint density at radius 2 is 1.72 bits per heavy atom. The van der Waals surface area contributed by atoms with Gasteiger partial charge in [0.2, 0.25) is 10.0 Å². The maximum Gasteiger partial charge on any atom is 0.243 e. The molecule has 0 radical (unpaired) electrons. The molecule has 1 aromatic heterocycles. The van der Waals surface area contributed by atoms with Crippen molar-refractivity contribution in [3.8, 4) is 17.0 Å². The van der Waals surface area contributed by atoms with Gasteiger partial charge in [0.05, 0.1) is 22.9 Å². The highest BCUT2D eigenvalue weighted by molar-refractivity contribution is 7.89. The van der Waals surface area contributed by atoms with Gasteiger partial charge in [-0.1, -0.05) is 32.1 Å². The summed E-state index contributed by atoms with van der Waals surface area (Å²) < 4.78 is 34.6. The largest absolute Gasteiger partial charge is 0.494 e. The van der Waals surface area contributed by atoms with Crippen molar-refractivity contribution in [2.24, 2.45) is 4.99 Å².